The molecule has 0 spiro atoms. The highest BCUT2D eigenvalue weighted by Crippen LogP contribution is 2.45. The van der Waals surface area contributed by atoms with Crippen LogP contribution in [0.2, 0.25) is 0 Å². The Morgan fingerprint density at radius 2 is 2.18 bits per heavy atom. The van der Waals surface area contributed by atoms with Crippen LogP contribution in [0.5, 0.6) is 0 Å². The largest absolute Gasteiger partial charge is 0.498 e. The highest BCUT2D eigenvalue weighted by atomic mass is 16.5. The minimum atomic E-state index is 0.267. The highest BCUT2D eigenvalue weighted by molar-refractivity contribution is 5.26. The van der Waals surface area contributed by atoms with Gasteiger partial charge in [0.15, 0.2) is 0 Å². The lowest BCUT2D eigenvalue weighted by molar-refractivity contribution is 0.0456. The first kappa shape index (κ1) is 7.17. The molecule has 2 heteroatoms. The molecule has 0 aromatic rings. The number of ether oxygens (including phenoxy) is 2. The molecule has 2 nitrogen and oxygen atoms in total. The van der Waals surface area contributed by atoms with Gasteiger partial charge in [-0.2, -0.15) is 0 Å². The van der Waals surface area contributed by atoms with Crippen molar-refractivity contribution in [2.45, 2.75) is 25.4 Å². The average molecular weight is 154 g/mol. The van der Waals surface area contributed by atoms with Crippen LogP contribution in [-0.4, -0.2) is 20.3 Å². The minimum absolute atomic E-state index is 0.267. The van der Waals surface area contributed by atoms with Gasteiger partial charge in [0.1, 0.15) is 11.9 Å². The van der Waals surface area contributed by atoms with Gasteiger partial charge in [0.2, 0.25) is 0 Å². The Kier molecular flexibility index (Phi) is 1.64. The SMILES string of the molecule is COC1=C2CCC(C2)C1OC. The Morgan fingerprint density at radius 1 is 1.36 bits per heavy atom. The van der Waals surface area contributed by atoms with Crippen molar-refractivity contribution in [1.29, 1.82) is 0 Å². The number of methoxy groups -OCH3 is 2. The van der Waals surface area contributed by atoms with Crippen LogP contribution in [0.4, 0.5) is 0 Å². The summed E-state index contributed by atoms with van der Waals surface area (Å²) in [5.74, 6) is 1.83. The maximum Gasteiger partial charge on any atom is 0.124 e. The van der Waals surface area contributed by atoms with Gasteiger partial charge in [-0.3, -0.25) is 0 Å². The van der Waals surface area contributed by atoms with Crippen molar-refractivity contribution in [1.82, 2.24) is 0 Å². The molecule has 0 aliphatic heterocycles. The molecule has 1 saturated carbocycles. The van der Waals surface area contributed by atoms with Crippen LogP contribution in [0.3, 0.4) is 0 Å². The summed E-state index contributed by atoms with van der Waals surface area (Å²) in [6.45, 7) is 0. The van der Waals surface area contributed by atoms with Crippen LogP contribution < -0.4 is 0 Å². The van der Waals surface area contributed by atoms with E-state index in [1.165, 1.54) is 24.8 Å². The molecule has 2 aliphatic rings. The lowest BCUT2D eigenvalue weighted by Gasteiger charge is -2.21. The van der Waals surface area contributed by atoms with Crippen LogP contribution in [-0.2, 0) is 9.47 Å². The van der Waals surface area contributed by atoms with Gasteiger partial charge in [-0.05, 0) is 30.8 Å². The third-order valence-corrected chi connectivity index (χ3v) is 2.83. The lowest BCUT2D eigenvalue weighted by Crippen LogP contribution is -2.21. The molecule has 0 amide bonds. The van der Waals surface area contributed by atoms with E-state index in [2.05, 4.69) is 0 Å². The predicted molar refractivity (Wildman–Crippen MR) is 42.2 cm³/mol. The van der Waals surface area contributed by atoms with E-state index in [4.69, 9.17) is 9.47 Å². The van der Waals surface area contributed by atoms with Gasteiger partial charge < -0.3 is 9.47 Å². The molecule has 0 heterocycles. The van der Waals surface area contributed by atoms with Crippen LogP contribution in [0, 0.1) is 5.92 Å². The van der Waals surface area contributed by atoms with Gasteiger partial charge in [0.25, 0.3) is 0 Å². The Bertz CT molecular complexity index is 196. The number of hydrogen-bond acceptors (Lipinski definition) is 2. The van der Waals surface area contributed by atoms with Gasteiger partial charge in [-0.15, -0.1) is 0 Å². The second-order valence-corrected chi connectivity index (χ2v) is 3.33. The van der Waals surface area contributed by atoms with Crippen molar-refractivity contribution in [3.05, 3.63) is 11.3 Å². The zero-order chi connectivity index (χ0) is 7.84. The summed E-state index contributed by atoms with van der Waals surface area (Å²) in [6, 6.07) is 0. The van der Waals surface area contributed by atoms with Gasteiger partial charge in [0.05, 0.1) is 7.11 Å². The monoisotopic (exact) mass is 154 g/mol. The number of rotatable bonds is 2. The van der Waals surface area contributed by atoms with Gasteiger partial charge >= 0.3 is 0 Å². The summed E-state index contributed by atoms with van der Waals surface area (Å²) in [6.07, 6.45) is 4.00. The quantitative estimate of drug-likeness (QED) is 0.603. The van der Waals surface area contributed by atoms with Crippen LogP contribution in [0.1, 0.15) is 19.3 Å². The first-order chi connectivity index (χ1) is 5.36. The Hall–Kier alpha value is -0.500. The first-order valence-corrected chi connectivity index (χ1v) is 4.15. The van der Waals surface area contributed by atoms with E-state index in [9.17, 15) is 0 Å². The second-order valence-electron chi connectivity index (χ2n) is 3.33. The van der Waals surface area contributed by atoms with Crippen LogP contribution in [0.15, 0.2) is 11.3 Å². The van der Waals surface area contributed by atoms with E-state index in [1.807, 2.05) is 0 Å². The zero-order valence-electron chi connectivity index (χ0n) is 7.09. The molecule has 2 atom stereocenters. The van der Waals surface area contributed by atoms with Gasteiger partial charge in [-0.1, -0.05) is 0 Å². The molecule has 2 bridgehead atoms. The Morgan fingerprint density at radius 3 is 2.73 bits per heavy atom. The van der Waals surface area contributed by atoms with Crippen molar-refractivity contribution in [3.8, 4) is 0 Å². The predicted octanol–water partition coefficient (Wildman–Crippen LogP) is 1.72. The molecular weight excluding hydrogens is 140 g/mol. The Labute approximate surface area is 67.2 Å². The van der Waals surface area contributed by atoms with E-state index >= 15 is 0 Å². The Balaban J connectivity index is 2.24. The van der Waals surface area contributed by atoms with Crippen molar-refractivity contribution in [2.75, 3.05) is 14.2 Å². The number of fused-ring (bicyclic) bond motifs is 2. The maximum absolute atomic E-state index is 5.37. The standard InChI is InChI=1S/C9H14O2/c1-10-8-6-3-4-7(5-6)9(8)11-2/h6,8H,3-5H2,1-2H3. The van der Waals surface area contributed by atoms with Crippen molar-refractivity contribution < 1.29 is 9.47 Å². The third kappa shape index (κ3) is 0.890. The van der Waals surface area contributed by atoms with Gasteiger partial charge in [-0.25, -0.2) is 0 Å². The highest BCUT2D eigenvalue weighted by Gasteiger charge is 2.40. The summed E-state index contributed by atoms with van der Waals surface area (Å²) >= 11 is 0. The minimum Gasteiger partial charge on any atom is -0.498 e. The first-order valence-electron chi connectivity index (χ1n) is 4.15. The maximum atomic E-state index is 5.37. The lowest BCUT2D eigenvalue weighted by atomic mass is 10.0. The fraction of sp³-hybridized carbons (Fsp3) is 0.778. The number of hydrogen-bond donors (Lipinski definition) is 0. The molecule has 0 radical (unpaired) electrons. The molecule has 0 aromatic carbocycles. The fourth-order valence-corrected chi connectivity index (χ4v) is 2.34. The van der Waals surface area contributed by atoms with E-state index in [1.54, 1.807) is 14.2 Å². The zero-order valence-corrected chi connectivity index (χ0v) is 7.09. The molecule has 0 saturated heterocycles. The van der Waals surface area contributed by atoms with E-state index < -0.39 is 0 Å². The fourth-order valence-electron chi connectivity index (χ4n) is 2.34. The summed E-state index contributed by atoms with van der Waals surface area (Å²) in [5.41, 5.74) is 1.49. The summed E-state index contributed by atoms with van der Waals surface area (Å²) in [7, 11) is 3.51. The normalized spacial score (nSPS) is 35.1. The van der Waals surface area contributed by atoms with Gasteiger partial charge in [0, 0.05) is 7.11 Å². The molecule has 1 fully saturated rings. The molecule has 0 N–H and O–H groups in total. The molecule has 11 heavy (non-hydrogen) atoms. The molecular formula is C9H14O2. The number of allylic oxidation sites excluding steroid dienone is 1. The molecule has 2 unspecified atom stereocenters. The molecule has 0 aromatic heterocycles. The molecule has 2 rings (SSSR count). The average Bonchev–Trinajstić information content (AvgIpc) is 2.60. The summed E-state index contributed by atoms with van der Waals surface area (Å²) in [5, 5.41) is 0. The van der Waals surface area contributed by atoms with E-state index in [0.717, 1.165) is 5.76 Å². The third-order valence-electron chi connectivity index (χ3n) is 2.83. The van der Waals surface area contributed by atoms with Crippen molar-refractivity contribution in [2.24, 2.45) is 5.92 Å². The smallest absolute Gasteiger partial charge is 0.124 e. The van der Waals surface area contributed by atoms with E-state index in [-0.39, 0.29) is 6.10 Å². The summed E-state index contributed by atoms with van der Waals surface area (Å²) in [4.78, 5) is 0. The van der Waals surface area contributed by atoms with Crippen molar-refractivity contribution >= 4 is 0 Å². The van der Waals surface area contributed by atoms with E-state index in [0.29, 0.717) is 5.92 Å². The van der Waals surface area contributed by atoms with Crippen LogP contribution in [0.25, 0.3) is 0 Å². The molecule has 62 valence electrons. The second kappa shape index (κ2) is 2.52. The summed E-state index contributed by atoms with van der Waals surface area (Å²) < 4.78 is 10.7. The molecule has 2 aliphatic carbocycles. The van der Waals surface area contributed by atoms with Crippen molar-refractivity contribution in [3.63, 3.8) is 0 Å². The topological polar surface area (TPSA) is 18.5 Å². The van der Waals surface area contributed by atoms with Crippen LogP contribution >= 0.6 is 0 Å².